The van der Waals surface area contributed by atoms with Gasteiger partial charge < -0.3 is 10.6 Å². The van der Waals surface area contributed by atoms with Crippen molar-refractivity contribution >= 4 is 11.6 Å². The topological polar surface area (TPSA) is 46.3 Å². The average molecular weight is 218 g/mol. The molecular formula is C13H18N2O. The van der Waals surface area contributed by atoms with E-state index in [1.54, 1.807) is 0 Å². The quantitative estimate of drug-likeness (QED) is 0.734. The smallest absolute Gasteiger partial charge is 0.255 e. The number of hydrogen-bond acceptors (Lipinski definition) is 2. The molecule has 0 aliphatic carbocycles. The minimum absolute atomic E-state index is 0.0842. The van der Waals surface area contributed by atoms with E-state index in [1.165, 1.54) is 6.42 Å². The summed E-state index contributed by atoms with van der Waals surface area (Å²) in [6.45, 7) is 3.67. The second-order valence-corrected chi connectivity index (χ2v) is 4.39. The number of para-hydroxylation sites is 1. The zero-order valence-electron chi connectivity index (χ0n) is 9.70. The van der Waals surface area contributed by atoms with E-state index >= 15 is 0 Å². The van der Waals surface area contributed by atoms with Crippen molar-refractivity contribution < 1.29 is 4.79 Å². The Balaban J connectivity index is 2.22. The van der Waals surface area contributed by atoms with Crippen molar-refractivity contribution in [3.8, 4) is 0 Å². The highest BCUT2D eigenvalue weighted by atomic mass is 16.2. The van der Waals surface area contributed by atoms with Crippen LogP contribution in [0.4, 0.5) is 5.69 Å². The Morgan fingerprint density at radius 3 is 2.62 bits per heavy atom. The van der Waals surface area contributed by atoms with Gasteiger partial charge in [-0.3, -0.25) is 4.79 Å². The second kappa shape index (κ2) is 4.56. The van der Waals surface area contributed by atoms with Crippen LogP contribution in [0.1, 0.15) is 35.2 Å². The Hall–Kier alpha value is -1.51. The lowest BCUT2D eigenvalue weighted by Gasteiger charge is -2.27. The molecule has 0 bridgehead atoms. The lowest BCUT2D eigenvalue weighted by molar-refractivity contribution is 0.0725. The molecule has 1 aliphatic heterocycles. The SMILES string of the molecule is Cc1cccc(C(=O)N2CCCCC2)c1N. The van der Waals surface area contributed by atoms with E-state index in [-0.39, 0.29) is 5.91 Å². The van der Waals surface area contributed by atoms with E-state index < -0.39 is 0 Å². The van der Waals surface area contributed by atoms with Gasteiger partial charge in [0, 0.05) is 18.8 Å². The van der Waals surface area contributed by atoms with Crippen LogP contribution in [0.5, 0.6) is 0 Å². The fraction of sp³-hybridized carbons (Fsp3) is 0.462. The first-order valence-electron chi connectivity index (χ1n) is 5.84. The van der Waals surface area contributed by atoms with E-state index in [0.29, 0.717) is 11.3 Å². The molecule has 1 saturated heterocycles. The number of nitrogens with zero attached hydrogens (tertiary/aromatic N) is 1. The first-order chi connectivity index (χ1) is 7.70. The molecule has 1 amide bonds. The molecule has 1 aromatic carbocycles. The number of piperidine rings is 1. The molecule has 16 heavy (non-hydrogen) atoms. The highest BCUT2D eigenvalue weighted by molar-refractivity contribution is 5.99. The molecule has 2 N–H and O–H groups in total. The lowest BCUT2D eigenvalue weighted by Crippen LogP contribution is -2.36. The molecule has 1 aromatic rings. The summed E-state index contributed by atoms with van der Waals surface area (Å²) in [5.41, 5.74) is 8.20. The van der Waals surface area contributed by atoms with Crippen LogP contribution in [0.25, 0.3) is 0 Å². The first-order valence-corrected chi connectivity index (χ1v) is 5.84. The van der Waals surface area contributed by atoms with Crippen molar-refractivity contribution in [2.45, 2.75) is 26.2 Å². The molecule has 0 spiro atoms. The number of nitrogen functional groups attached to an aromatic ring is 1. The number of rotatable bonds is 1. The molecule has 1 fully saturated rings. The van der Waals surface area contributed by atoms with E-state index in [1.807, 2.05) is 30.0 Å². The highest BCUT2D eigenvalue weighted by Crippen LogP contribution is 2.20. The molecule has 3 heteroatoms. The summed E-state index contributed by atoms with van der Waals surface area (Å²) in [7, 11) is 0. The summed E-state index contributed by atoms with van der Waals surface area (Å²) < 4.78 is 0. The molecule has 0 unspecified atom stereocenters. The molecule has 1 heterocycles. The van der Waals surface area contributed by atoms with Crippen LogP contribution in [0.15, 0.2) is 18.2 Å². The van der Waals surface area contributed by atoms with Gasteiger partial charge >= 0.3 is 0 Å². The van der Waals surface area contributed by atoms with Gasteiger partial charge in [0.05, 0.1) is 5.56 Å². The Morgan fingerprint density at radius 2 is 1.94 bits per heavy atom. The van der Waals surface area contributed by atoms with Crippen molar-refractivity contribution in [2.24, 2.45) is 0 Å². The molecular weight excluding hydrogens is 200 g/mol. The number of likely N-dealkylation sites (tertiary alicyclic amines) is 1. The Labute approximate surface area is 96.2 Å². The zero-order chi connectivity index (χ0) is 11.5. The summed E-state index contributed by atoms with van der Waals surface area (Å²) in [6.07, 6.45) is 3.45. The molecule has 0 saturated carbocycles. The Kier molecular flexibility index (Phi) is 3.13. The molecule has 1 aliphatic rings. The number of anilines is 1. The average Bonchev–Trinajstić information content (AvgIpc) is 2.33. The normalized spacial score (nSPS) is 16.2. The monoisotopic (exact) mass is 218 g/mol. The van der Waals surface area contributed by atoms with Crippen molar-refractivity contribution in [3.63, 3.8) is 0 Å². The summed E-state index contributed by atoms with van der Waals surface area (Å²) in [5.74, 6) is 0.0842. The molecule has 0 aromatic heterocycles. The molecule has 0 atom stereocenters. The van der Waals surface area contributed by atoms with E-state index in [2.05, 4.69) is 0 Å². The molecule has 2 rings (SSSR count). The third kappa shape index (κ3) is 2.03. The first kappa shape index (κ1) is 11.0. The maximum atomic E-state index is 12.2. The molecule has 86 valence electrons. The highest BCUT2D eigenvalue weighted by Gasteiger charge is 2.20. The van der Waals surface area contributed by atoms with Crippen LogP contribution in [-0.4, -0.2) is 23.9 Å². The van der Waals surface area contributed by atoms with E-state index in [9.17, 15) is 4.79 Å². The van der Waals surface area contributed by atoms with E-state index in [0.717, 1.165) is 31.5 Å². The van der Waals surface area contributed by atoms with Crippen LogP contribution in [-0.2, 0) is 0 Å². The third-order valence-electron chi connectivity index (χ3n) is 3.20. The summed E-state index contributed by atoms with van der Waals surface area (Å²) in [6, 6.07) is 5.64. The number of hydrogen-bond donors (Lipinski definition) is 1. The lowest BCUT2D eigenvalue weighted by atomic mass is 10.1. The van der Waals surface area contributed by atoms with Crippen LogP contribution in [0.3, 0.4) is 0 Å². The van der Waals surface area contributed by atoms with Crippen molar-refractivity contribution in [1.29, 1.82) is 0 Å². The molecule has 0 radical (unpaired) electrons. The molecule has 3 nitrogen and oxygen atoms in total. The second-order valence-electron chi connectivity index (χ2n) is 4.39. The van der Waals surface area contributed by atoms with Gasteiger partial charge in [-0.25, -0.2) is 0 Å². The van der Waals surface area contributed by atoms with E-state index in [4.69, 9.17) is 5.73 Å². The maximum absolute atomic E-state index is 12.2. The van der Waals surface area contributed by atoms with Gasteiger partial charge in [-0.15, -0.1) is 0 Å². The van der Waals surface area contributed by atoms with Gasteiger partial charge in [0.25, 0.3) is 5.91 Å². The summed E-state index contributed by atoms with van der Waals surface area (Å²) in [5, 5.41) is 0. The van der Waals surface area contributed by atoms with Gasteiger partial charge in [0.15, 0.2) is 0 Å². The van der Waals surface area contributed by atoms with Gasteiger partial charge in [0.2, 0.25) is 0 Å². The fourth-order valence-corrected chi connectivity index (χ4v) is 2.13. The van der Waals surface area contributed by atoms with Crippen LogP contribution in [0, 0.1) is 6.92 Å². The maximum Gasteiger partial charge on any atom is 0.255 e. The predicted octanol–water partition coefficient (Wildman–Crippen LogP) is 2.20. The van der Waals surface area contributed by atoms with Crippen LogP contribution in [0.2, 0.25) is 0 Å². The van der Waals surface area contributed by atoms with Crippen molar-refractivity contribution in [2.75, 3.05) is 18.8 Å². The number of carbonyl (C=O) groups is 1. The minimum atomic E-state index is 0.0842. The standard InChI is InChI=1S/C13H18N2O/c1-10-6-5-7-11(12(10)14)13(16)15-8-3-2-4-9-15/h5-7H,2-4,8-9,14H2,1H3. The van der Waals surface area contributed by atoms with Crippen LogP contribution < -0.4 is 5.73 Å². The largest absolute Gasteiger partial charge is 0.398 e. The predicted molar refractivity (Wildman–Crippen MR) is 65.3 cm³/mol. The van der Waals surface area contributed by atoms with Crippen LogP contribution >= 0.6 is 0 Å². The minimum Gasteiger partial charge on any atom is -0.398 e. The van der Waals surface area contributed by atoms with Gasteiger partial charge in [-0.1, -0.05) is 12.1 Å². The number of aryl methyl sites for hydroxylation is 1. The number of benzene rings is 1. The Bertz CT molecular complexity index is 395. The zero-order valence-corrected chi connectivity index (χ0v) is 9.70. The third-order valence-corrected chi connectivity index (χ3v) is 3.20. The van der Waals surface area contributed by atoms with Gasteiger partial charge in [0.1, 0.15) is 0 Å². The number of carbonyl (C=O) groups excluding carboxylic acids is 1. The number of amides is 1. The van der Waals surface area contributed by atoms with Crippen molar-refractivity contribution in [1.82, 2.24) is 4.90 Å². The number of nitrogens with two attached hydrogens (primary N) is 1. The van der Waals surface area contributed by atoms with Gasteiger partial charge in [-0.05, 0) is 37.8 Å². The van der Waals surface area contributed by atoms with Crippen molar-refractivity contribution in [3.05, 3.63) is 29.3 Å². The summed E-state index contributed by atoms with van der Waals surface area (Å²) in [4.78, 5) is 14.1. The fourth-order valence-electron chi connectivity index (χ4n) is 2.13. The Morgan fingerprint density at radius 1 is 1.25 bits per heavy atom. The van der Waals surface area contributed by atoms with Gasteiger partial charge in [-0.2, -0.15) is 0 Å². The summed E-state index contributed by atoms with van der Waals surface area (Å²) >= 11 is 0.